The van der Waals surface area contributed by atoms with Crippen molar-refractivity contribution >= 4 is 29.4 Å². The van der Waals surface area contributed by atoms with Gasteiger partial charge in [0.15, 0.2) is 24.1 Å². The van der Waals surface area contributed by atoms with Gasteiger partial charge in [-0.25, -0.2) is 9.18 Å². The Bertz CT molecular complexity index is 895. The Morgan fingerprint density at radius 1 is 1.34 bits per heavy atom. The summed E-state index contributed by atoms with van der Waals surface area (Å²) >= 11 is 6.07. The first-order valence-electron chi connectivity index (χ1n) is 9.04. The van der Waals surface area contributed by atoms with E-state index in [1.165, 1.54) is 0 Å². The van der Waals surface area contributed by atoms with Gasteiger partial charge in [0.05, 0.1) is 23.9 Å². The van der Waals surface area contributed by atoms with Gasteiger partial charge in [-0.3, -0.25) is 9.59 Å². The molecule has 1 saturated heterocycles. The molecule has 0 aromatic carbocycles. The van der Waals surface area contributed by atoms with Crippen molar-refractivity contribution < 1.29 is 28.2 Å². The van der Waals surface area contributed by atoms with Crippen LogP contribution in [-0.2, 0) is 23.8 Å². The van der Waals surface area contributed by atoms with Gasteiger partial charge in [-0.15, -0.1) is 11.6 Å². The average molecular weight is 433 g/mol. The standard InChI is InChI=1S/C17H22ClFN4O6/c1-7(2)12(24)27-14-16(6-18)17(14,29-13(25)8(3)4)10(19)11(28-16)23-15(26)22-9(20)5-21-23/h5,7-8,10-11,14H,6H2,1-4H3,(H2,20,22,26)/t10-,11+,14?,16+,17+/m0/s1. The minimum atomic E-state index is -2.11. The van der Waals surface area contributed by atoms with E-state index in [9.17, 15) is 14.4 Å². The van der Waals surface area contributed by atoms with E-state index in [1.807, 2.05) is 0 Å². The molecule has 1 aromatic rings. The second-order valence-corrected chi connectivity index (χ2v) is 7.95. The number of alkyl halides is 2. The maximum atomic E-state index is 15.7. The molecule has 0 amide bonds. The number of rotatable bonds is 6. The first-order valence-corrected chi connectivity index (χ1v) is 9.57. The Hall–Kier alpha value is -2.27. The molecular weight excluding hydrogens is 411 g/mol. The number of halogens is 2. The highest BCUT2D eigenvalue weighted by molar-refractivity contribution is 6.19. The number of nitrogens with zero attached hydrogens (tertiary/aromatic N) is 3. The lowest BCUT2D eigenvalue weighted by atomic mass is 10.1. The van der Waals surface area contributed by atoms with Crippen LogP contribution in [0.5, 0.6) is 0 Å². The Morgan fingerprint density at radius 3 is 2.48 bits per heavy atom. The molecule has 29 heavy (non-hydrogen) atoms. The Balaban J connectivity index is 2.02. The number of ether oxygens (including phenoxy) is 3. The number of nitrogen functional groups attached to an aromatic ring is 1. The molecule has 0 spiro atoms. The molecule has 2 fully saturated rings. The largest absolute Gasteiger partial charge is 0.454 e. The topological polar surface area (TPSA) is 136 Å². The van der Waals surface area contributed by atoms with Gasteiger partial charge in [-0.1, -0.05) is 27.7 Å². The van der Waals surface area contributed by atoms with Crippen LogP contribution < -0.4 is 11.4 Å². The number of hydrogen-bond donors (Lipinski definition) is 1. The summed E-state index contributed by atoms with van der Waals surface area (Å²) in [6.45, 7) is 6.33. The number of carbonyl (C=O) groups is 2. The summed E-state index contributed by atoms with van der Waals surface area (Å²) in [7, 11) is 0. The molecule has 160 valence electrons. The fourth-order valence-corrected chi connectivity index (χ4v) is 3.73. The van der Waals surface area contributed by atoms with Gasteiger partial charge in [0.1, 0.15) is 5.82 Å². The number of nitrogens with two attached hydrogens (primary N) is 1. The van der Waals surface area contributed by atoms with Crippen molar-refractivity contribution in [3.8, 4) is 0 Å². The third-order valence-corrected chi connectivity index (χ3v) is 5.40. The maximum absolute atomic E-state index is 15.7. The van der Waals surface area contributed by atoms with E-state index in [1.54, 1.807) is 27.7 Å². The van der Waals surface area contributed by atoms with Crippen LogP contribution in [0, 0.1) is 11.8 Å². The molecule has 0 radical (unpaired) electrons. The average Bonchev–Trinajstić information content (AvgIpc) is 3.08. The van der Waals surface area contributed by atoms with Gasteiger partial charge in [-0.2, -0.15) is 14.8 Å². The Labute approximate surface area is 170 Å². The maximum Gasteiger partial charge on any atom is 0.368 e. The van der Waals surface area contributed by atoms with E-state index >= 15 is 4.39 Å². The highest BCUT2D eigenvalue weighted by atomic mass is 35.5. The van der Waals surface area contributed by atoms with E-state index in [-0.39, 0.29) is 11.7 Å². The fourth-order valence-electron chi connectivity index (χ4n) is 3.32. The third kappa shape index (κ3) is 3.07. The minimum Gasteiger partial charge on any atom is -0.454 e. The van der Waals surface area contributed by atoms with Crippen LogP contribution in [0.3, 0.4) is 0 Å². The van der Waals surface area contributed by atoms with Crippen LogP contribution >= 0.6 is 11.6 Å². The lowest BCUT2D eigenvalue weighted by molar-refractivity contribution is -0.172. The highest BCUT2D eigenvalue weighted by Gasteiger charge is 2.93. The van der Waals surface area contributed by atoms with Crippen molar-refractivity contribution in [2.75, 3.05) is 11.6 Å². The zero-order valence-corrected chi connectivity index (χ0v) is 17.1. The van der Waals surface area contributed by atoms with Gasteiger partial charge in [0, 0.05) is 0 Å². The van der Waals surface area contributed by atoms with Gasteiger partial charge in [0.25, 0.3) is 0 Å². The summed E-state index contributed by atoms with van der Waals surface area (Å²) in [5, 5.41) is 3.75. The SMILES string of the molecule is CC(C)C(=O)OC1[C@@]2(CCl)O[C@@H](n3ncc(N)nc3=O)[C@H](F)[C@@]12OC(=O)C(C)C. The number of hydrogen-bond acceptors (Lipinski definition) is 9. The first-order chi connectivity index (χ1) is 13.5. The van der Waals surface area contributed by atoms with Crippen molar-refractivity contribution in [1.82, 2.24) is 14.8 Å². The van der Waals surface area contributed by atoms with Crippen LogP contribution in [0.1, 0.15) is 33.9 Å². The molecule has 1 unspecified atom stereocenters. The number of aromatic nitrogens is 3. The van der Waals surface area contributed by atoms with E-state index in [4.69, 9.17) is 31.5 Å². The van der Waals surface area contributed by atoms with E-state index in [0.717, 1.165) is 6.20 Å². The van der Waals surface area contributed by atoms with Crippen LogP contribution in [0.15, 0.2) is 11.0 Å². The minimum absolute atomic E-state index is 0.151. The number of fused-ring (bicyclic) bond motifs is 1. The molecule has 2 aliphatic rings. The summed E-state index contributed by atoms with van der Waals surface area (Å²) in [4.78, 5) is 40.0. The van der Waals surface area contributed by atoms with Crippen molar-refractivity contribution in [1.29, 1.82) is 0 Å². The fraction of sp³-hybridized carbons (Fsp3) is 0.706. The van der Waals surface area contributed by atoms with Crippen LogP contribution in [0.25, 0.3) is 0 Å². The second kappa shape index (κ2) is 7.21. The second-order valence-electron chi connectivity index (χ2n) is 7.68. The molecule has 3 rings (SSSR count). The molecule has 1 aromatic heterocycles. The van der Waals surface area contributed by atoms with E-state index in [0.29, 0.717) is 4.68 Å². The molecule has 2 heterocycles. The Kier molecular flexibility index (Phi) is 5.33. The number of esters is 2. The third-order valence-electron chi connectivity index (χ3n) is 5.00. The lowest BCUT2D eigenvalue weighted by Crippen LogP contribution is -2.43. The quantitative estimate of drug-likeness (QED) is 0.505. The monoisotopic (exact) mass is 432 g/mol. The predicted octanol–water partition coefficient (Wildman–Crippen LogP) is 0.584. The molecule has 10 nitrogen and oxygen atoms in total. The van der Waals surface area contributed by atoms with Gasteiger partial charge in [-0.05, 0) is 0 Å². The normalized spacial score (nSPS) is 32.9. The number of anilines is 1. The van der Waals surface area contributed by atoms with E-state index in [2.05, 4.69) is 10.1 Å². The van der Waals surface area contributed by atoms with Gasteiger partial charge < -0.3 is 19.9 Å². The smallest absolute Gasteiger partial charge is 0.368 e. The summed E-state index contributed by atoms with van der Waals surface area (Å²) in [6, 6.07) is 0. The van der Waals surface area contributed by atoms with Gasteiger partial charge >= 0.3 is 17.6 Å². The van der Waals surface area contributed by atoms with Crippen LogP contribution in [-0.4, -0.2) is 56.1 Å². The van der Waals surface area contributed by atoms with Crippen LogP contribution in [0.2, 0.25) is 0 Å². The zero-order valence-electron chi connectivity index (χ0n) is 16.3. The van der Waals surface area contributed by atoms with Crippen LogP contribution in [0.4, 0.5) is 10.2 Å². The van der Waals surface area contributed by atoms with Gasteiger partial charge in [0.2, 0.25) is 5.60 Å². The molecule has 1 aliphatic carbocycles. The molecule has 2 N–H and O–H groups in total. The van der Waals surface area contributed by atoms with Crippen molar-refractivity contribution in [3.63, 3.8) is 0 Å². The molecule has 12 heteroatoms. The summed E-state index contributed by atoms with van der Waals surface area (Å²) in [5.41, 5.74) is 0.780. The molecular formula is C17H22ClFN4O6. The van der Waals surface area contributed by atoms with E-state index < -0.39 is 59.2 Å². The van der Waals surface area contributed by atoms with Crippen molar-refractivity contribution in [2.24, 2.45) is 11.8 Å². The van der Waals surface area contributed by atoms with Crippen molar-refractivity contribution in [2.45, 2.75) is 57.4 Å². The highest BCUT2D eigenvalue weighted by Crippen LogP contribution is 2.67. The summed E-state index contributed by atoms with van der Waals surface area (Å²) in [5.74, 6) is -2.98. The molecule has 1 aliphatic heterocycles. The summed E-state index contributed by atoms with van der Waals surface area (Å²) < 4.78 is 32.9. The first kappa shape index (κ1) is 21.4. The molecule has 5 atom stereocenters. The predicted molar refractivity (Wildman–Crippen MR) is 97.6 cm³/mol. The summed E-state index contributed by atoms with van der Waals surface area (Å²) in [6.07, 6.45) is -3.92. The number of carbonyl (C=O) groups excluding carboxylic acids is 2. The zero-order chi connectivity index (χ0) is 21.7. The molecule has 1 saturated carbocycles. The Morgan fingerprint density at radius 2 is 1.97 bits per heavy atom. The van der Waals surface area contributed by atoms with Crippen molar-refractivity contribution in [3.05, 3.63) is 16.7 Å². The molecule has 0 bridgehead atoms. The lowest BCUT2D eigenvalue weighted by Gasteiger charge is -2.24.